The fourth-order valence-electron chi connectivity index (χ4n) is 2.52. The Labute approximate surface area is 139 Å². The summed E-state index contributed by atoms with van der Waals surface area (Å²) in [6.45, 7) is 5.19. The van der Waals surface area contributed by atoms with Gasteiger partial charge in [0.25, 0.3) is 0 Å². The zero-order valence-corrected chi connectivity index (χ0v) is 14.8. The van der Waals surface area contributed by atoms with Crippen LogP contribution in [0.3, 0.4) is 0 Å². The van der Waals surface area contributed by atoms with Gasteiger partial charge in [-0.05, 0) is 66.5 Å². The number of hydrogen-bond acceptors (Lipinski definition) is 3. The van der Waals surface area contributed by atoms with E-state index in [4.69, 9.17) is 18.0 Å². The summed E-state index contributed by atoms with van der Waals surface area (Å²) in [6.07, 6.45) is 2.23. The van der Waals surface area contributed by atoms with Crippen LogP contribution < -0.4 is 11.1 Å². The van der Waals surface area contributed by atoms with E-state index in [1.54, 1.807) is 12.1 Å². The molecule has 0 aliphatic carbocycles. The fraction of sp³-hybridized carbons (Fsp3) is 0.533. The minimum atomic E-state index is -0.336. The highest BCUT2D eigenvalue weighted by Crippen LogP contribution is 2.32. The predicted molar refractivity (Wildman–Crippen MR) is 93.3 cm³/mol. The van der Waals surface area contributed by atoms with Gasteiger partial charge < -0.3 is 16.0 Å². The summed E-state index contributed by atoms with van der Waals surface area (Å²) >= 11 is 8.13. The van der Waals surface area contributed by atoms with Gasteiger partial charge in [-0.25, -0.2) is 4.39 Å². The number of nitrogens with one attached hydrogen (secondary N) is 1. The van der Waals surface area contributed by atoms with Crippen molar-refractivity contribution < 1.29 is 4.39 Å². The Balaban J connectivity index is 2.07. The number of nitrogens with zero attached hydrogens (tertiary/aromatic N) is 1. The molecule has 0 aromatic heterocycles. The molecular formula is C15H21BrFN3S. The number of thiocarbonyl (C=S) groups is 1. The number of benzene rings is 1. The Morgan fingerprint density at radius 3 is 2.67 bits per heavy atom. The average molecular weight is 374 g/mol. The second-order valence-corrected chi connectivity index (χ2v) is 7.35. The molecule has 3 nitrogen and oxygen atoms in total. The van der Waals surface area contributed by atoms with Gasteiger partial charge in [0.15, 0.2) is 5.82 Å². The van der Waals surface area contributed by atoms with Gasteiger partial charge in [-0.15, -0.1) is 0 Å². The Bertz CT molecular complexity index is 542. The van der Waals surface area contributed by atoms with E-state index in [0.717, 1.165) is 32.5 Å². The maximum atomic E-state index is 14.3. The fourth-order valence-corrected chi connectivity index (χ4v) is 3.38. The summed E-state index contributed by atoms with van der Waals surface area (Å²) in [5, 5.41) is 3.24. The Hall–Kier alpha value is -0.720. The normalized spacial score (nSPS) is 18.5. The molecule has 2 rings (SSSR count). The molecule has 0 amide bonds. The van der Waals surface area contributed by atoms with Gasteiger partial charge in [0.05, 0.1) is 10.2 Å². The molecular weight excluding hydrogens is 353 g/mol. The molecule has 116 valence electrons. The Morgan fingerprint density at radius 1 is 1.48 bits per heavy atom. The van der Waals surface area contributed by atoms with Crippen LogP contribution in [0.4, 0.5) is 10.1 Å². The number of anilines is 1. The van der Waals surface area contributed by atoms with Crippen LogP contribution in [0.25, 0.3) is 0 Å². The molecule has 0 spiro atoms. The van der Waals surface area contributed by atoms with Crippen LogP contribution in [-0.4, -0.2) is 36.6 Å². The standard InChI is InChI=1S/C15H21BrFN3S/c1-15(5-7-20(2)8-6-15)9-19-11-4-3-10(14(18)21)12(16)13(11)17/h3-4,19H,5-9H2,1-2H3,(H2,18,21). The first-order chi connectivity index (χ1) is 9.82. The molecule has 1 aliphatic heterocycles. The van der Waals surface area contributed by atoms with Gasteiger partial charge in [-0.3, -0.25) is 0 Å². The van der Waals surface area contributed by atoms with E-state index in [-0.39, 0.29) is 16.2 Å². The van der Waals surface area contributed by atoms with Gasteiger partial charge in [-0.1, -0.05) is 19.1 Å². The van der Waals surface area contributed by atoms with Crippen molar-refractivity contribution in [2.75, 3.05) is 32.0 Å². The Kier molecular flexibility index (Phi) is 5.22. The summed E-state index contributed by atoms with van der Waals surface area (Å²) in [5.41, 5.74) is 6.78. The van der Waals surface area contributed by atoms with Crippen molar-refractivity contribution >= 4 is 38.8 Å². The van der Waals surface area contributed by atoms with Crippen molar-refractivity contribution in [2.45, 2.75) is 19.8 Å². The highest BCUT2D eigenvalue weighted by Gasteiger charge is 2.29. The third-order valence-corrected chi connectivity index (χ3v) is 5.24. The molecule has 0 atom stereocenters. The molecule has 3 N–H and O–H groups in total. The number of piperidine rings is 1. The van der Waals surface area contributed by atoms with Crippen molar-refractivity contribution in [2.24, 2.45) is 11.1 Å². The smallest absolute Gasteiger partial charge is 0.161 e. The number of nitrogens with two attached hydrogens (primary N) is 1. The van der Waals surface area contributed by atoms with E-state index >= 15 is 0 Å². The van der Waals surface area contributed by atoms with Gasteiger partial charge in [0, 0.05) is 12.1 Å². The number of halogens is 2. The molecule has 1 fully saturated rings. The number of rotatable bonds is 4. The van der Waals surface area contributed by atoms with E-state index in [1.807, 2.05) is 0 Å². The van der Waals surface area contributed by atoms with Crippen molar-refractivity contribution in [1.82, 2.24) is 4.90 Å². The van der Waals surface area contributed by atoms with Crippen molar-refractivity contribution in [3.8, 4) is 0 Å². The second kappa shape index (κ2) is 6.58. The molecule has 1 aromatic rings. The SMILES string of the molecule is CN1CCC(C)(CNc2ccc(C(N)=S)c(Br)c2F)CC1. The Morgan fingerprint density at radius 2 is 2.10 bits per heavy atom. The molecule has 0 radical (unpaired) electrons. The van der Waals surface area contributed by atoms with Crippen molar-refractivity contribution in [3.63, 3.8) is 0 Å². The van der Waals surface area contributed by atoms with Crippen molar-refractivity contribution in [1.29, 1.82) is 0 Å². The third kappa shape index (κ3) is 3.93. The maximum absolute atomic E-state index is 14.3. The molecule has 0 unspecified atom stereocenters. The highest BCUT2D eigenvalue weighted by atomic mass is 79.9. The van der Waals surface area contributed by atoms with Gasteiger partial charge >= 0.3 is 0 Å². The quantitative estimate of drug-likeness (QED) is 0.793. The molecule has 0 saturated carbocycles. The van der Waals surface area contributed by atoms with Gasteiger partial charge in [0.1, 0.15) is 4.99 Å². The number of likely N-dealkylation sites (tertiary alicyclic amines) is 1. The third-order valence-electron chi connectivity index (χ3n) is 4.25. The molecule has 1 aromatic carbocycles. The summed E-state index contributed by atoms with van der Waals surface area (Å²) in [7, 11) is 2.14. The average Bonchev–Trinajstić information content (AvgIpc) is 2.44. The van der Waals surface area contributed by atoms with E-state index in [0.29, 0.717) is 15.7 Å². The van der Waals surface area contributed by atoms with Crippen LogP contribution in [0.1, 0.15) is 25.3 Å². The zero-order valence-electron chi connectivity index (χ0n) is 12.4. The minimum absolute atomic E-state index is 0.189. The van der Waals surface area contributed by atoms with Crippen LogP contribution in [0.15, 0.2) is 16.6 Å². The first-order valence-electron chi connectivity index (χ1n) is 7.03. The van der Waals surface area contributed by atoms with Crippen LogP contribution in [0.5, 0.6) is 0 Å². The summed E-state index contributed by atoms with van der Waals surface area (Å²) in [4.78, 5) is 2.52. The lowest BCUT2D eigenvalue weighted by atomic mass is 9.80. The van der Waals surface area contributed by atoms with E-state index in [1.165, 1.54) is 0 Å². The molecule has 1 saturated heterocycles. The van der Waals surface area contributed by atoms with E-state index in [2.05, 4.69) is 40.1 Å². The molecule has 21 heavy (non-hydrogen) atoms. The predicted octanol–water partition coefficient (Wildman–Crippen LogP) is 3.37. The van der Waals surface area contributed by atoms with Crippen LogP contribution in [0, 0.1) is 11.2 Å². The van der Waals surface area contributed by atoms with Crippen molar-refractivity contribution in [3.05, 3.63) is 28.0 Å². The first kappa shape index (κ1) is 16.6. The number of hydrogen-bond donors (Lipinski definition) is 2. The summed E-state index contributed by atoms with van der Waals surface area (Å²) in [5.74, 6) is -0.336. The molecule has 1 aliphatic rings. The lowest BCUT2D eigenvalue weighted by Crippen LogP contribution is -2.40. The van der Waals surface area contributed by atoms with Gasteiger partial charge in [0.2, 0.25) is 0 Å². The van der Waals surface area contributed by atoms with Crippen LogP contribution in [0.2, 0.25) is 0 Å². The van der Waals surface area contributed by atoms with Crippen LogP contribution in [-0.2, 0) is 0 Å². The lowest BCUT2D eigenvalue weighted by molar-refractivity contribution is 0.150. The van der Waals surface area contributed by atoms with Crippen LogP contribution >= 0.6 is 28.1 Å². The summed E-state index contributed by atoms with van der Waals surface area (Å²) < 4.78 is 14.7. The summed E-state index contributed by atoms with van der Waals surface area (Å²) in [6, 6.07) is 3.45. The topological polar surface area (TPSA) is 41.3 Å². The largest absolute Gasteiger partial charge is 0.389 e. The van der Waals surface area contributed by atoms with E-state index in [9.17, 15) is 4.39 Å². The molecule has 6 heteroatoms. The monoisotopic (exact) mass is 373 g/mol. The first-order valence-corrected chi connectivity index (χ1v) is 8.23. The highest BCUT2D eigenvalue weighted by molar-refractivity contribution is 9.10. The second-order valence-electron chi connectivity index (χ2n) is 6.12. The lowest BCUT2D eigenvalue weighted by Gasteiger charge is -2.38. The maximum Gasteiger partial charge on any atom is 0.161 e. The van der Waals surface area contributed by atoms with Gasteiger partial charge in [-0.2, -0.15) is 0 Å². The zero-order chi connectivity index (χ0) is 15.6. The molecule has 1 heterocycles. The van der Waals surface area contributed by atoms with E-state index < -0.39 is 0 Å². The minimum Gasteiger partial charge on any atom is -0.389 e. The molecule has 0 bridgehead atoms.